The number of aliphatic hydroxyl groups is 2. The Morgan fingerprint density at radius 3 is 1.73 bits per heavy atom. The van der Waals surface area contributed by atoms with Gasteiger partial charge in [0.05, 0.1) is 0 Å². The van der Waals surface area contributed by atoms with Crippen molar-refractivity contribution in [3.05, 3.63) is 0 Å². The van der Waals surface area contributed by atoms with Crippen LogP contribution in [0.4, 0.5) is 0 Å². The largest absolute Gasteiger partial charge is 3.00 e. The Morgan fingerprint density at radius 2 is 1.53 bits per heavy atom. The molecular formula is C5H9O5S3Sb2. The Balaban J connectivity index is -0.0000000361. The molecule has 0 aliphatic rings. The predicted octanol–water partition coefficient (Wildman–Crippen LogP) is -0.0404. The minimum absolute atomic E-state index is 0. The Morgan fingerprint density at radius 1 is 1.20 bits per heavy atom. The molecule has 0 aliphatic carbocycles. The fraction of sp³-hybridized carbons (Fsp3) is 0.400. The molecule has 15 heavy (non-hydrogen) atoms. The molecule has 5 nitrogen and oxygen atoms in total. The van der Waals surface area contributed by atoms with Gasteiger partial charge in [-0.15, -0.1) is 0 Å². The fourth-order valence-electron chi connectivity index (χ4n) is 0.0943. The molecule has 0 bridgehead atoms. The van der Waals surface area contributed by atoms with Crippen molar-refractivity contribution < 1.29 is 21.7 Å². The van der Waals surface area contributed by atoms with Crippen molar-refractivity contribution >= 4 is 100 Å². The van der Waals surface area contributed by atoms with Gasteiger partial charge in [0.1, 0.15) is 0 Å². The number of rotatable bonds is 4. The number of hydrogen-bond donors (Lipinski definition) is 2. The molecule has 0 aliphatic heterocycles. The predicted molar refractivity (Wildman–Crippen MR) is 70.9 cm³/mol. The molecule has 10 heteroatoms. The summed E-state index contributed by atoms with van der Waals surface area (Å²) in [5.74, 6) is 0. The van der Waals surface area contributed by atoms with E-state index in [1.165, 1.54) is 11.1 Å². The van der Waals surface area contributed by atoms with E-state index >= 15 is 0 Å². The standard InChI is InChI=1S/C2H5O.2CHOS.COS.H2O.2Sb/c1-2-3;3*2-1-3;;;/h2H2,1H3;2*(H,2,3);;1H2;;/q3*-1;-2;;+2;+3. The third-order valence-corrected chi connectivity index (χ3v) is 2.22. The van der Waals surface area contributed by atoms with Gasteiger partial charge < -0.3 is 40.1 Å². The van der Waals surface area contributed by atoms with Crippen LogP contribution in [0.15, 0.2) is 0 Å². The van der Waals surface area contributed by atoms with Crippen LogP contribution in [0.5, 0.6) is 0 Å². The summed E-state index contributed by atoms with van der Waals surface area (Å²) in [4.78, 5) is 0. The Labute approximate surface area is 134 Å². The maximum atomic E-state index is 7.13. The first-order chi connectivity index (χ1) is 6.24. The van der Waals surface area contributed by atoms with Gasteiger partial charge in [-0.1, -0.05) is 0 Å². The molecule has 0 spiro atoms. The molecular weight excluding hydrogens is 480 g/mol. The SMILES string of the molecule is CC[O][Sb][O][C-]=S.O.O[C-]=S.O[C-]=S.[Sb+3]. The van der Waals surface area contributed by atoms with E-state index in [9.17, 15) is 0 Å². The second-order valence-corrected chi connectivity index (χ2v) is 3.06. The molecule has 4 N–H and O–H groups in total. The van der Waals surface area contributed by atoms with E-state index in [2.05, 4.69) is 45.2 Å². The topological polar surface area (TPSA) is 90.4 Å². The molecule has 0 aromatic heterocycles. The molecule has 0 heterocycles. The fourth-order valence-corrected chi connectivity index (χ4v) is 0.837. The van der Waals surface area contributed by atoms with Crippen molar-refractivity contribution in [2.45, 2.75) is 6.92 Å². The maximum Gasteiger partial charge on any atom is 3.00 e. The molecule has 0 unspecified atom stereocenters. The van der Waals surface area contributed by atoms with E-state index < -0.39 is 22.5 Å². The second-order valence-electron chi connectivity index (χ2n) is 0.850. The molecule has 0 rings (SSSR count). The molecule has 0 saturated carbocycles. The van der Waals surface area contributed by atoms with Crippen molar-refractivity contribution in [3.8, 4) is 0 Å². The van der Waals surface area contributed by atoms with Gasteiger partial charge in [-0.3, -0.25) is 0 Å². The first-order valence-corrected chi connectivity index (χ1v) is 5.93. The molecule has 0 amide bonds. The van der Waals surface area contributed by atoms with Crippen molar-refractivity contribution in [3.63, 3.8) is 0 Å². The summed E-state index contributed by atoms with van der Waals surface area (Å²) in [6, 6.07) is 0. The van der Waals surface area contributed by atoms with Gasteiger partial charge in [-0.2, -0.15) is 0 Å². The second kappa shape index (κ2) is 45.5. The quantitative estimate of drug-likeness (QED) is 0.248. The van der Waals surface area contributed by atoms with Crippen LogP contribution in [0.2, 0.25) is 0 Å². The minimum atomic E-state index is -0.886. The van der Waals surface area contributed by atoms with Gasteiger partial charge in [0.15, 0.2) is 0 Å². The van der Waals surface area contributed by atoms with Crippen LogP contribution in [0.1, 0.15) is 6.92 Å². The monoisotopic (exact) mass is 487 g/mol. The van der Waals surface area contributed by atoms with E-state index in [0.717, 1.165) is 0 Å². The smallest absolute Gasteiger partial charge is 0.694 e. The number of hydrogen-bond acceptors (Lipinski definition) is 5. The van der Waals surface area contributed by atoms with Crippen LogP contribution in [0.25, 0.3) is 0 Å². The van der Waals surface area contributed by atoms with Crippen LogP contribution < -0.4 is 0 Å². The zero-order chi connectivity index (χ0) is 10.9. The van der Waals surface area contributed by atoms with Crippen molar-refractivity contribution in [1.29, 1.82) is 0 Å². The molecule has 0 aromatic rings. The van der Waals surface area contributed by atoms with E-state index in [0.29, 0.717) is 6.61 Å². The molecule has 3 radical (unpaired) electrons. The average molecular weight is 489 g/mol. The van der Waals surface area contributed by atoms with Gasteiger partial charge >= 0.3 is 84.2 Å². The Kier molecular flexibility index (Phi) is 90.6. The molecule has 87 valence electrons. The van der Waals surface area contributed by atoms with Crippen LogP contribution in [-0.4, -0.2) is 85.8 Å². The summed E-state index contributed by atoms with van der Waals surface area (Å²) in [5.41, 5.74) is 4.79. The van der Waals surface area contributed by atoms with Crippen LogP contribution in [-0.2, 0) is 6.03 Å². The van der Waals surface area contributed by atoms with Crippen molar-refractivity contribution in [1.82, 2.24) is 0 Å². The zero-order valence-corrected chi connectivity index (χ0v) is 15.1. The first-order valence-electron chi connectivity index (χ1n) is 2.62. The maximum absolute atomic E-state index is 7.13. The summed E-state index contributed by atoms with van der Waals surface area (Å²) in [5, 5.41) is 14.3. The van der Waals surface area contributed by atoms with Crippen molar-refractivity contribution in [2.24, 2.45) is 0 Å². The summed E-state index contributed by atoms with van der Waals surface area (Å²) >= 11 is 10.8. The van der Waals surface area contributed by atoms with Crippen LogP contribution >= 0.6 is 36.7 Å². The molecule has 0 aromatic carbocycles. The molecule has 0 fully saturated rings. The first kappa shape index (κ1) is 29.8. The summed E-state index contributed by atoms with van der Waals surface area (Å²) < 4.78 is 9.44. The van der Waals surface area contributed by atoms with E-state index in [4.69, 9.17) is 13.2 Å². The van der Waals surface area contributed by atoms with Gasteiger partial charge in [0.25, 0.3) is 0 Å². The van der Waals surface area contributed by atoms with Crippen molar-refractivity contribution in [2.75, 3.05) is 6.61 Å². The van der Waals surface area contributed by atoms with Gasteiger partial charge in [0.2, 0.25) is 0 Å². The van der Waals surface area contributed by atoms with E-state index in [1.54, 1.807) is 0 Å². The zero-order valence-electron chi connectivity index (χ0n) is 7.54. The molecule has 0 atom stereocenters. The Bertz CT molecular complexity index is 113. The summed E-state index contributed by atoms with van der Waals surface area (Å²) in [6.45, 7) is 2.64. The average Bonchev–Trinajstić information content (AvgIpc) is 2.08. The normalized spacial score (nSPS) is 5.40. The van der Waals surface area contributed by atoms with Gasteiger partial charge in [-0.05, 0) is 0 Å². The Hall–Kier alpha value is 1.23. The summed E-state index contributed by atoms with van der Waals surface area (Å²) in [7, 11) is 0. The van der Waals surface area contributed by atoms with Crippen LogP contribution in [0.3, 0.4) is 0 Å². The number of aliphatic hydroxyl groups excluding tert-OH is 2. The summed E-state index contributed by atoms with van der Waals surface area (Å²) in [6.07, 6.45) is 0. The van der Waals surface area contributed by atoms with Gasteiger partial charge in [0, 0.05) is 0 Å². The third-order valence-electron chi connectivity index (χ3n) is 0.256. The van der Waals surface area contributed by atoms with Crippen LogP contribution in [0, 0.1) is 0 Å². The minimum Gasteiger partial charge on any atom is -0.694 e. The molecule has 0 saturated heterocycles. The van der Waals surface area contributed by atoms with E-state index in [-0.39, 0.29) is 29.9 Å². The third kappa shape index (κ3) is 97.5. The van der Waals surface area contributed by atoms with E-state index in [1.807, 2.05) is 6.92 Å². The number of thiocarbonyl (C=S) groups is 3. The van der Waals surface area contributed by atoms with Gasteiger partial charge in [-0.25, -0.2) is 11.1 Å².